The topological polar surface area (TPSA) is 29.5 Å². The van der Waals surface area contributed by atoms with Gasteiger partial charge in [0.1, 0.15) is 12.0 Å². The molecule has 0 unspecified atom stereocenters. The van der Waals surface area contributed by atoms with E-state index in [0.717, 1.165) is 43.5 Å². The van der Waals surface area contributed by atoms with Crippen LogP contribution in [0.1, 0.15) is 56.5 Å². The molecule has 3 nitrogen and oxygen atoms in total. The normalized spacial score (nSPS) is 11.4. The van der Waals surface area contributed by atoms with E-state index in [2.05, 4.69) is 32.6 Å². The molecule has 0 saturated heterocycles. The van der Waals surface area contributed by atoms with Crippen molar-refractivity contribution in [2.24, 2.45) is 5.92 Å². The summed E-state index contributed by atoms with van der Waals surface area (Å²) in [6.07, 6.45) is 3.17. The number of aldehydes is 1. The fraction of sp³-hybridized carbons (Fsp3) is 0.611. The molecular formula is C18H29NO2. The third-order valence-electron chi connectivity index (χ3n) is 3.87. The minimum absolute atomic E-state index is 0.567. The van der Waals surface area contributed by atoms with Crippen LogP contribution in [0.2, 0.25) is 0 Å². The molecule has 0 radical (unpaired) electrons. The quantitative estimate of drug-likeness (QED) is 0.640. The van der Waals surface area contributed by atoms with Crippen molar-refractivity contribution >= 4 is 6.29 Å². The van der Waals surface area contributed by atoms with Crippen LogP contribution >= 0.6 is 0 Å². The lowest BCUT2D eigenvalue weighted by atomic mass is 10.0. The van der Waals surface area contributed by atoms with Crippen LogP contribution in [0.25, 0.3) is 0 Å². The molecule has 3 heteroatoms. The van der Waals surface area contributed by atoms with Gasteiger partial charge >= 0.3 is 0 Å². The van der Waals surface area contributed by atoms with Gasteiger partial charge in [-0.2, -0.15) is 0 Å². The second-order valence-electron chi connectivity index (χ2n) is 5.98. The van der Waals surface area contributed by atoms with Crippen LogP contribution in [0.5, 0.6) is 5.75 Å². The number of carbonyl (C=O) groups excluding carboxylic acids is 1. The molecule has 0 bridgehead atoms. The van der Waals surface area contributed by atoms with E-state index in [1.165, 1.54) is 0 Å². The van der Waals surface area contributed by atoms with Crippen LogP contribution in [0.15, 0.2) is 18.2 Å². The van der Waals surface area contributed by atoms with Crippen LogP contribution in [0, 0.1) is 5.92 Å². The first-order valence-corrected chi connectivity index (χ1v) is 7.91. The Bertz CT molecular complexity index is 439. The summed E-state index contributed by atoms with van der Waals surface area (Å²) in [5.74, 6) is 1.48. The SMILES string of the molecule is CCC(CC)N(Cc1cc(C=O)ccc1OC)CC(C)C. The number of hydrogen-bond acceptors (Lipinski definition) is 3. The minimum Gasteiger partial charge on any atom is -0.496 e. The van der Waals surface area contributed by atoms with Crippen molar-refractivity contribution in [3.8, 4) is 5.75 Å². The van der Waals surface area contributed by atoms with Crippen LogP contribution in [0.4, 0.5) is 0 Å². The van der Waals surface area contributed by atoms with Gasteiger partial charge in [0, 0.05) is 30.3 Å². The fourth-order valence-corrected chi connectivity index (χ4v) is 2.83. The predicted molar refractivity (Wildman–Crippen MR) is 88.0 cm³/mol. The summed E-state index contributed by atoms with van der Waals surface area (Å²) in [5, 5.41) is 0. The zero-order chi connectivity index (χ0) is 15.8. The molecule has 1 aromatic carbocycles. The molecule has 0 fully saturated rings. The fourth-order valence-electron chi connectivity index (χ4n) is 2.83. The second-order valence-corrected chi connectivity index (χ2v) is 5.98. The van der Waals surface area contributed by atoms with Crippen molar-refractivity contribution < 1.29 is 9.53 Å². The Labute approximate surface area is 129 Å². The zero-order valence-corrected chi connectivity index (χ0v) is 14.1. The highest BCUT2D eigenvalue weighted by Crippen LogP contribution is 2.24. The first kappa shape index (κ1) is 17.7. The largest absolute Gasteiger partial charge is 0.496 e. The Morgan fingerprint density at radius 1 is 1.24 bits per heavy atom. The van der Waals surface area contributed by atoms with Gasteiger partial charge in [-0.3, -0.25) is 9.69 Å². The lowest BCUT2D eigenvalue weighted by Crippen LogP contribution is -2.36. The van der Waals surface area contributed by atoms with Gasteiger partial charge < -0.3 is 4.74 Å². The molecule has 0 N–H and O–H groups in total. The Hall–Kier alpha value is -1.35. The molecule has 0 atom stereocenters. The molecular weight excluding hydrogens is 262 g/mol. The summed E-state index contributed by atoms with van der Waals surface area (Å²) in [7, 11) is 1.68. The number of benzene rings is 1. The molecule has 1 aromatic rings. The summed E-state index contributed by atoms with van der Waals surface area (Å²) < 4.78 is 5.46. The number of carbonyl (C=O) groups is 1. The average Bonchev–Trinajstić information content (AvgIpc) is 2.47. The maximum absolute atomic E-state index is 11.0. The van der Waals surface area contributed by atoms with Crippen LogP contribution < -0.4 is 4.74 Å². The van der Waals surface area contributed by atoms with E-state index in [1.54, 1.807) is 13.2 Å². The van der Waals surface area contributed by atoms with Gasteiger partial charge in [0.25, 0.3) is 0 Å². The van der Waals surface area contributed by atoms with E-state index in [9.17, 15) is 4.79 Å². The standard InChI is InChI=1S/C18H29NO2/c1-6-17(7-2)19(11-14(3)4)12-16-10-15(13-20)8-9-18(16)21-5/h8-10,13-14,17H,6-7,11-12H2,1-5H3. The number of methoxy groups -OCH3 is 1. The molecule has 0 aliphatic rings. The van der Waals surface area contributed by atoms with Gasteiger partial charge in [0.05, 0.1) is 7.11 Å². The van der Waals surface area contributed by atoms with E-state index in [4.69, 9.17) is 4.74 Å². The summed E-state index contributed by atoms with van der Waals surface area (Å²) in [6, 6.07) is 6.21. The molecule has 1 rings (SSSR count). The van der Waals surface area contributed by atoms with Crippen molar-refractivity contribution in [2.75, 3.05) is 13.7 Å². The van der Waals surface area contributed by atoms with Gasteiger partial charge in [-0.25, -0.2) is 0 Å². The number of ether oxygens (including phenoxy) is 1. The molecule has 0 aromatic heterocycles. The zero-order valence-electron chi connectivity index (χ0n) is 14.1. The highest BCUT2D eigenvalue weighted by atomic mass is 16.5. The van der Waals surface area contributed by atoms with Crippen molar-refractivity contribution in [1.82, 2.24) is 4.90 Å². The van der Waals surface area contributed by atoms with Crippen LogP contribution in [-0.2, 0) is 6.54 Å². The van der Waals surface area contributed by atoms with E-state index >= 15 is 0 Å². The summed E-state index contributed by atoms with van der Waals surface area (Å²) in [5.41, 5.74) is 1.80. The van der Waals surface area contributed by atoms with E-state index in [-0.39, 0.29) is 0 Å². The van der Waals surface area contributed by atoms with Gasteiger partial charge in [0.15, 0.2) is 0 Å². The first-order valence-electron chi connectivity index (χ1n) is 7.91. The van der Waals surface area contributed by atoms with Crippen molar-refractivity contribution in [2.45, 2.75) is 53.1 Å². The number of nitrogens with zero attached hydrogens (tertiary/aromatic N) is 1. The monoisotopic (exact) mass is 291 g/mol. The van der Waals surface area contributed by atoms with Gasteiger partial charge in [-0.05, 0) is 37.0 Å². The molecule has 0 spiro atoms. The smallest absolute Gasteiger partial charge is 0.150 e. The molecule has 0 heterocycles. The maximum Gasteiger partial charge on any atom is 0.150 e. The van der Waals surface area contributed by atoms with Gasteiger partial charge in [-0.15, -0.1) is 0 Å². The highest BCUT2D eigenvalue weighted by molar-refractivity contribution is 5.75. The minimum atomic E-state index is 0.567. The van der Waals surface area contributed by atoms with Crippen LogP contribution in [-0.4, -0.2) is 30.9 Å². The van der Waals surface area contributed by atoms with E-state index in [0.29, 0.717) is 17.5 Å². The lowest BCUT2D eigenvalue weighted by molar-refractivity contribution is 0.112. The summed E-state index contributed by atoms with van der Waals surface area (Å²) in [6.45, 7) is 10.8. The van der Waals surface area contributed by atoms with Crippen LogP contribution in [0.3, 0.4) is 0 Å². The van der Waals surface area contributed by atoms with E-state index < -0.39 is 0 Å². The Morgan fingerprint density at radius 2 is 1.90 bits per heavy atom. The highest BCUT2D eigenvalue weighted by Gasteiger charge is 2.18. The van der Waals surface area contributed by atoms with Crippen molar-refractivity contribution in [3.05, 3.63) is 29.3 Å². The Morgan fingerprint density at radius 3 is 2.38 bits per heavy atom. The first-order chi connectivity index (χ1) is 10.0. The molecule has 0 saturated carbocycles. The Balaban J connectivity index is 3.03. The van der Waals surface area contributed by atoms with E-state index in [1.807, 2.05) is 12.1 Å². The third-order valence-corrected chi connectivity index (χ3v) is 3.87. The second kappa shape index (κ2) is 8.83. The molecule has 21 heavy (non-hydrogen) atoms. The molecule has 0 aliphatic carbocycles. The average molecular weight is 291 g/mol. The summed E-state index contributed by atoms with van der Waals surface area (Å²) in [4.78, 5) is 13.5. The Kier molecular flexibility index (Phi) is 7.44. The molecule has 0 amide bonds. The lowest BCUT2D eigenvalue weighted by Gasteiger charge is -2.32. The van der Waals surface area contributed by atoms with Crippen molar-refractivity contribution in [1.29, 1.82) is 0 Å². The molecule has 0 aliphatic heterocycles. The predicted octanol–water partition coefficient (Wildman–Crippen LogP) is 4.15. The summed E-state index contributed by atoms with van der Waals surface area (Å²) >= 11 is 0. The molecule has 118 valence electrons. The van der Waals surface area contributed by atoms with Gasteiger partial charge in [0.2, 0.25) is 0 Å². The van der Waals surface area contributed by atoms with Gasteiger partial charge in [-0.1, -0.05) is 27.7 Å². The third kappa shape index (κ3) is 5.16. The maximum atomic E-state index is 11.0. The number of rotatable bonds is 9. The number of hydrogen-bond donors (Lipinski definition) is 0. The van der Waals surface area contributed by atoms with Crippen molar-refractivity contribution in [3.63, 3.8) is 0 Å².